The summed E-state index contributed by atoms with van der Waals surface area (Å²) in [5.74, 6) is -0.336. The standard InChI is InChI=1S/C20H19F3N4OS/c21-20(22,23)17-11-15(16-7-4-10-29-16)26-18-14(12-25-27(17)18)19(28)24-9-8-13-5-2-1-3-6-13/h1-7,10,12,15,17,26H,8-9,11H2,(H,24,28)/t15-,17+/m1/s1. The smallest absolute Gasteiger partial charge is 0.362 e. The predicted molar refractivity (Wildman–Crippen MR) is 105 cm³/mol. The fraction of sp³-hybridized carbons (Fsp3) is 0.300. The van der Waals surface area contributed by atoms with Gasteiger partial charge in [-0.3, -0.25) is 4.79 Å². The lowest BCUT2D eigenvalue weighted by molar-refractivity contribution is -0.173. The SMILES string of the molecule is O=C(NCCc1ccccc1)c1cnn2c1N[C@@H](c1cccs1)C[C@H]2C(F)(F)F. The number of amides is 1. The number of alkyl halides is 3. The van der Waals surface area contributed by atoms with Crippen LogP contribution in [0, 0.1) is 0 Å². The first-order valence-electron chi connectivity index (χ1n) is 9.20. The molecule has 29 heavy (non-hydrogen) atoms. The molecule has 0 saturated heterocycles. The van der Waals surface area contributed by atoms with Gasteiger partial charge in [0.15, 0.2) is 6.04 Å². The Kier molecular flexibility index (Phi) is 5.31. The third-order valence-corrected chi connectivity index (χ3v) is 5.90. The zero-order chi connectivity index (χ0) is 20.4. The quantitative estimate of drug-likeness (QED) is 0.635. The van der Waals surface area contributed by atoms with Crippen molar-refractivity contribution in [2.45, 2.75) is 31.1 Å². The van der Waals surface area contributed by atoms with Crippen LogP contribution in [0.3, 0.4) is 0 Å². The molecule has 3 heterocycles. The van der Waals surface area contributed by atoms with Crippen molar-refractivity contribution < 1.29 is 18.0 Å². The Morgan fingerprint density at radius 3 is 2.72 bits per heavy atom. The van der Waals surface area contributed by atoms with Crippen LogP contribution < -0.4 is 10.6 Å². The second-order valence-electron chi connectivity index (χ2n) is 6.85. The average molecular weight is 420 g/mol. The van der Waals surface area contributed by atoms with Crippen LogP contribution in [0.1, 0.15) is 39.3 Å². The molecular formula is C20H19F3N4OS. The molecule has 0 radical (unpaired) electrons. The Morgan fingerprint density at radius 2 is 2.03 bits per heavy atom. The minimum absolute atomic E-state index is 0.106. The molecule has 0 bridgehead atoms. The van der Waals surface area contributed by atoms with Crippen molar-refractivity contribution in [3.63, 3.8) is 0 Å². The largest absolute Gasteiger partial charge is 0.410 e. The zero-order valence-corrected chi connectivity index (χ0v) is 16.1. The number of nitrogens with one attached hydrogen (secondary N) is 2. The molecule has 0 aliphatic carbocycles. The molecule has 152 valence electrons. The van der Waals surface area contributed by atoms with Crippen molar-refractivity contribution in [3.8, 4) is 0 Å². The van der Waals surface area contributed by atoms with E-state index in [2.05, 4.69) is 15.7 Å². The highest BCUT2D eigenvalue weighted by atomic mass is 32.1. The fourth-order valence-corrected chi connectivity index (χ4v) is 4.26. The van der Waals surface area contributed by atoms with E-state index < -0.39 is 24.2 Å². The summed E-state index contributed by atoms with van der Waals surface area (Å²) in [6.45, 7) is 0.379. The summed E-state index contributed by atoms with van der Waals surface area (Å²) < 4.78 is 41.8. The summed E-state index contributed by atoms with van der Waals surface area (Å²) >= 11 is 1.39. The summed E-state index contributed by atoms with van der Waals surface area (Å²) in [5, 5.41) is 11.6. The van der Waals surface area contributed by atoms with Gasteiger partial charge >= 0.3 is 6.18 Å². The molecule has 0 saturated carbocycles. The predicted octanol–water partition coefficient (Wildman–Crippen LogP) is 4.58. The molecule has 0 spiro atoms. The molecular weight excluding hydrogens is 401 g/mol. The molecule has 1 aliphatic heterocycles. The second kappa shape index (κ2) is 7.90. The number of benzene rings is 1. The van der Waals surface area contributed by atoms with Gasteiger partial charge in [-0.25, -0.2) is 4.68 Å². The van der Waals surface area contributed by atoms with Crippen molar-refractivity contribution in [1.82, 2.24) is 15.1 Å². The lowest BCUT2D eigenvalue weighted by Crippen LogP contribution is -2.36. The van der Waals surface area contributed by atoms with Crippen molar-refractivity contribution >= 4 is 23.1 Å². The molecule has 1 aromatic carbocycles. The molecule has 2 N–H and O–H groups in total. The van der Waals surface area contributed by atoms with Gasteiger partial charge in [0.2, 0.25) is 0 Å². The number of carbonyl (C=O) groups excluding carboxylic acids is 1. The first kappa shape index (κ1) is 19.5. The lowest BCUT2D eigenvalue weighted by Gasteiger charge is -2.33. The molecule has 1 amide bonds. The van der Waals surface area contributed by atoms with Gasteiger partial charge in [-0.1, -0.05) is 36.4 Å². The van der Waals surface area contributed by atoms with Gasteiger partial charge in [-0.2, -0.15) is 18.3 Å². The normalized spacial score (nSPS) is 18.7. The van der Waals surface area contributed by atoms with Crippen LogP contribution >= 0.6 is 11.3 Å². The van der Waals surface area contributed by atoms with Gasteiger partial charge in [-0.05, 0) is 23.4 Å². The van der Waals surface area contributed by atoms with E-state index in [0.717, 1.165) is 15.1 Å². The number of halogens is 3. The van der Waals surface area contributed by atoms with Crippen molar-refractivity contribution in [2.24, 2.45) is 0 Å². The summed E-state index contributed by atoms with van der Waals surface area (Å²) in [5.41, 5.74) is 1.19. The minimum Gasteiger partial charge on any atom is -0.362 e. The maximum Gasteiger partial charge on any atom is 0.410 e. The number of nitrogens with zero attached hydrogens (tertiary/aromatic N) is 2. The Hall–Kier alpha value is -2.81. The fourth-order valence-electron chi connectivity index (χ4n) is 3.47. The molecule has 5 nitrogen and oxygen atoms in total. The third kappa shape index (κ3) is 4.14. The Bertz CT molecular complexity index is 970. The lowest BCUT2D eigenvalue weighted by atomic mass is 10.0. The van der Waals surface area contributed by atoms with Crippen molar-refractivity contribution in [3.05, 3.63) is 70.0 Å². The number of fused-ring (bicyclic) bond motifs is 1. The molecule has 1 aliphatic rings. The van der Waals surface area contributed by atoms with Gasteiger partial charge in [0, 0.05) is 17.8 Å². The van der Waals surface area contributed by atoms with Gasteiger partial charge in [0.1, 0.15) is 11.4 Å². The number of anilines is 1. The van der Waals surface area contributed by atoms with Gasteiger partial charge < -0.3 is 10.6 Å². The molecule has 0 unspecified atom stereocenters. The highest BCUT2D eigenvalue weighted by Crippen LogP contribution is 2.44. The summed E-state index contributed by atoms with van der Waals surface area (Å²) in [6, 6.07) is 10.9. The number of thiophene rings is 1. The van der Waals surface area contributed by atoms with Gasteiger partial charge in [0.05, 0.1) is 12.2 Å². The van der Waals surface area contributed by atoms with Crippen molar-refractivity contribution in [1.29, 1.82) is 0 Å². The topological polar surface area (TPSA) is 59.0 Å². The van der Waals surface area contributed by atoms with E-state index in [1.165, 1.54) is 17.5 Å². The molecule has 9 heteroatoms. The van der Waals surface area contributed by atoms with Crippen molar-refractivity contribution in [2.75, 3.05) is 11.9 Å². The van der Waals surface area contributed by atoms with Crippen LogP contribution in [0.4, 0.5) is 19.0 Å². The van der Waals surface area contributed by atoms with E-state index in [0.29, 0.717) is 13.0 Å². The van der Waals surface area contributed by atoms with E-state index in [1.54, 1.807) is 12.1 Å². The maximum atomic E-state index is 13.6. The summed E-state index contributed by atoms with van der Waals surface area (Å²) in [4.78, 5) is 13.4. The van der Waals surface area contributed by atoms with E-state index in [1.807, 2.05) is 35.7 Å². The van der Waals surface area contributed by atoms with Crippen LogP contribution in [-0.2, 0) is 6.42 Å². The second-order valence-corrected chi connectivity index (χ2v) is 7.83. The number of carbonyl (C=O) groups is 1. The van der Waals surface area contributed by atoms with E-state index in [4.69, 9.17) is 0 Å². The Labute approximate surface area is 169 Å². The van der Waals surface area contributed by atoms with E-state index in [-0.39, 0.29) is 17.8 Å². The van der Waals surface area contributed by atoms with Crippen LogP contribution in [0.15, 0.2) is 54.0 Å². The highest BCUT2D eigenvalue weighted by Gasteiger charge is 2.47. The van der Waals surface area contributed by atoms with Crippen LogP contribution in [0.5, 0.6) is 0 Å². The maximum absolute atomic E-state index is 13.6. The van der Waals surface area contributed by atoms with Gasteiger partial charge in [0.25, 0.3) is 5.91 Å². The molecule has 3 aromatic rings. The van der Waals surface area contributed by atoms with Crippen LogP contribution in [-0.4, -0.2) is 28.4 Å². The first-order valence-corrected chi connectivity index (χ1v) is 10.1. The number of aromatic nitrogens is 2. The Balaban J connectivity index is 1.54. The Morgan fingerprint density at radius 1 is 1.24 bits per heavy atom. The first-order chi connectivity index (χ1) is 13.9. The molecule has 4 rings (SSSR count). The highest BCUT2D eigenvalue weighted by molar-refractivity contribution is 7.10. The number of hydrogen-bond donors (Lipinski definition) is 2. The minimum atomic E-state index is -4.46. The third-order valence-electron chi connectivity index (χ3n) is 4.91. The summed E-state index contributed by atoms with van der Waals surface area (Å²) in [7, 11) is 0. The van der Waals surface area contributed by atoms with Crippen LogP contribution in [0.2, 0.25) is 0 Å². The molecule has 2 aromatic heterocycles. The monoisotopic (exact) mass is 420 g/mol. The molecule has 0 fully saturated rings. The van der Waals surface area contributed by atoms with E-state index >= 15 is 0 Å². The summed E-state index contributed by atoms with van der Waals surface area (Å²) in [6.07, 6.45) is -2.80. The zero-order valence-electron chi connectivity index (χ0n) is 15.3. The van der Waals surface area contributed by atoms with Gasteiger partial charge in [-0.15, -0.1) is 11.3 Å². The van der Waals surface area contributed by atoms with E-state index in [9.17, 15) is 18.0 Å². The average Bonchev–Trinajstić information content (AvgIpc) is 3.37. The van der Waals surface area contributed by atoms with Crippen LogP contribution in [0.25, 0.3) is 0 Å². The number of rotatable bonds is 5. The molecule has 2 atom stereocenters. The number of hydrogen-bond acceptors (Lipinski definition) is 4.